The molecule has 13 heteroatoms. The number of hydrogen-bond acceptors (Lipinski definition) is 8. The lowest BCUT2D eigenvalue weighted by atomic mass is 10.1. The highest BCUT2D eigenvalue weighted by molar-refractivity contribution is 14.1. The van der Waals surface area contributed by atoms with Crippen LogP contribution in [0, 0.1) is 21.1 Å². The van der Waals surface area contributed by atoms with Crippen molar-refractivity contribution in [1.29, 1.82) is 0 Å². The molecule has 4 rings (SSSR count). The zero-order valence-electron chi connectivity index (χ0n) is 18.6. The van der Waals surface area contributed by atoms with Crippen molar-refractivity contribution in [1.82, 2.24) is 19.4 Å². The van der Waals surface area contributed by atoms with E-state index in [1.54, 1.807) is 6.07 Å². The van der Waals surface area contributed by atoms with E-state index in [0.29, 0.717) is 23.1 Å². The first-order valence-corrected chi connectivity index (χ1v) is 11.8. The first kappa shape index (κ1) is 25.2. The number of carbonyl (C=O) groups is 1. The molecule has 0 radical (unpaired) electrons. The van der Waals surface area contributed by atoms with Crippen LogP contribution < -0.4 is 21.8 Å². The number of nitrogens with one attached hydrogen (secondary N) is 2. The molecular formula is C22H22F2IN5O5. The van der Waals surface area contributed by atoms with Crippen LogP contribution in [-0.4, -0.2) is 51.0 Å². The van der Waals surface area contributed by atoms with Gasteiger partial charge in [-0.25, -0.2) is 9.37 Å². The van der Waals surface area contributed by atoms with E-state index in [4.69, 9.17) is 4.74 Å². The van der Waals surface area contributed by atoms with Gasteiger partial charge >= 0.3 is 5.97 Å². The lowest BCUT2D eigenvalue weighted by molar-refractivity contribution is -0.151. The maximum atomic E-state index is 15.0. The summed E-state index contributed by atoms with van der Waals surface area (Å²) in [5.41, 5.74) is -2.61. The van der Waals surface area contributed by atoms with Crippen LogP contribution >= 0.6 is 22.6 Å². The van der Waals surface area contributed by atoms with E-state index >= 15 is 4.39 Å². The molecule has 3 heterocycles. The van der Waals surface area contributed by atoms with Crippen molar-refractivity contribution in [2.24, 2.45) is 13.0 Å². The fourth-order valence-corrected chi connectivity index (χ4v) is 4.27. The van der Waals surface area contributed by atoms with Gasteiger partial charge in [-0.3, -0.25) is 23.5 Å². The first-order chi connectivity index (χ1) is 16.7. The smallest absolute Gasteiger partial charge is 0.310 e. The van der Waals surface area contributed by atoms with Gasteiger partial charge in [0.15, 0.2) is 5.65 Å². The third kappa shape index (κ3) is 5.21. The van der Waals surface area contributed by atoms with Gasteiger partial charge < -0.3 is 20.5 Å². The van der Waals surface area contributed by atoms with Crippen LogP contribution in [0.1, 0.15) is 6.42 Å². The number of esters is 1. The molecule has 0 spiro atoms. The molecule has 1 unspecified atom stereocenters. The van der Waals surface area contributed by atoms with E-state index in [1.807, 2.05) is 22.6 Å². The summed E-state index contributed by atoms with van der Waals surface area (Å²) in [5, 5.41) is 15.6. The molecule has 10 nitrogen and oxygen atoms in total. The number of aliphatic hydroxyl groups is 1. The van der Waals surface area contributed by atoms with Crippen LogP contribution in [0.5, 0.6) is 0 Å². The Morgan fingerprint density at radius 2 is 2.14 bits per heavy atom. The van der Waals surface area contributed by atoms with Gasteiger partial charge in [0.2, 0.25) is 5.82 Å². The highest BCUT2D eigenvalue weighted by atomic mass is 127. The second kappa shape index (κ2) is 10.4. The number of fused-ring (bicyclic) bond motifs is 1. The van der Waals surface area contributed by atoms with Crippen LogP contribution in [-0.2, 0) is 23.1 Å². The Balaban J connectivity index is 1.66. The van der Waals surface area contributed by atoms with E-state index in [9.17, 15) is 23.9 Å². The maximum absolute atomic E-state index is 15.0. The minimum absolute atomic E-state index is 0.124. The number of anilines is 2. The summed E-state index contributed by atoms with van der Waals surface area (Å²) in [4.78, 5) is 41.8. The molecule has 1 aliphatic rings. The zero-order valence-corrected chi connectivity index (χ0v) is 20.7. The molecule has 0 amide bonds. The van der Waals surface area contributed by atoms with Crippen LogP contribution in [0.2, 0.25) is 0 Å². The molecule has 186 valence electrons. The quantitative estimate of drug-likeness (QED) is 0.273. The van der Waals surface area contributed by atoms with Crippen molar-refractivity contribution in [2.45, 2.75) is 19.1 Å². The zero-order chi connectivity index (χ0) is 25.3. The van der Waals surface area contributed by atoms with E-state index in [2.05, 4.69) is 15.6 Å². The number of carbonyl (C=O) groups excluding carboxylic acids is 1. The average molecular weight is 601 g/mol. The maximum Gasteiger partial charge on any atom is 0.310 e. The second-order valence-corrected chi connectivity index (χ2v) is 9.42. The van der Waals surface area contributed by atoms with E-state index in [1.165, 1.54) is 19.2 Å². The number of ether oxygens (including phenoxy) is 1. The number of aliphatic hydroxyl groups excluding tert-OH is 1. The van der Waals surface area contributed by atoms with E-state index in [0.717, 1.165) is 15.5 Å². The minimum Gasteiger partial charge on any atom is -0.463 e. The Kier molecular flexibility index (Phi) is 7.47. The normalized spacial score (nSPS) is 16.4. The number of nitrogens with zero attached hydrogens (tertiary/aromatic N) is 3. The van der Waals surface area contributed by atoms with Crippen molar-refractivity contribution >= 4 is 51.0 Å². The molecule has 3 N–H and O–H groups in total. The predicted molar refractivity (Wildman–Crippen MR) is 132 cm³/mol. The molecule has 1 aromatic carbocycles. The fraction of sp³-hybridized carbons (Fsp3) is 0.364. The topological polar surface area (TPSA) is 127 Å². The monoisotopic (exact) mass is 601 g/mol. The van der Waals surface area contributed by atoms with Crippen molar-refractivity contribution in [3.63, 3.8) is 0 Å². The SMILES string of the molecule is Cn1c(=O)c(F)c(Nc2ccc(I)cc2F)c2c(=O)n(C[C@@H](O)COC(=O)C3CCNC3)cnc21. The highest BCUT2D eigenvalue weighted by Gasteiger charge is 2.25. The molecular weight excluding hydrogens is 579 g/mol. The third-order valence-electron chi connectivity index (χ3n) is 5.71. The van der Waals surface area contributed by atoms with Gasteiger partial charge in [0.25, 0.3) is 11.1 Å². The van der Waals surface area contributed by atoms with Crippen LogP contribution in [0.3, 0.4) is 0 Å². The van der Waals surface area contributed by atoms with Gasteiger partial charge in [0.1, 0.15) is 30.2 Å². The van der Waals surface area contributed by atoms with Crippen LogP contribution in [0.15, 0.2) is 34.1 Å². The van der Waals surface area contributed by atoms with E-state index in [-0.39, 0.29) is 35.8 Å². The molecule has 0 saturated carbocycles. The Bertz CT molecular complexity index is 1400. The number of rotatable bonds is 7. The summed E-state index contributed by atoms with van der Waals surface area (Å²) in [5.74, 6) is -2.72. The van der Waals surface area contributed by atoms with Gasteiger partial charge in [-0.2, -0.15) is 4.39 Å². The molecule has 0 aliphatic carbocycles. The predicted octanol–water partition coefficient (Wildman–Crippen LogP) is 1.24. The third-order valence-corrected chi connectivity index (χ3v) is 6.38. The van der Waals surface area contributed by atoms with E-state index < -0.39 is 40.5 Å². The summed E-state index contributed by atoms with van der Waals surface area (Å²) in [6, 6.07) is 4.13. The highest BCUT2D eigenvalue weighted by Crippen LogP contribution is 2.26. The molecule has 2 aromatic heterocycles. The molecule has 1 saturated heterocycles. The average Bonchev–Trinajstić information content (AvgIpc) is 3.37. The number of halogens is 3. The molecule has 35 heavy (non-hydrogen) atoms. The molecule has 3 aromatic rings. The van der Waals surface area contributed by atoms with Gasteiger partial charge in [0, 0.05) is 17.2 Å². The summed E-state index contributed by atoms with van der Waals surface area (Å²) in [6.45, 7) is 0.562. The molecule has 1 aliphatic heterocycles. The molecule has 1 fully saturated rings. The summed E-state index contributed by atoms with van der Waals surface area (Å²) >= 11 is 1.91. The fourth-order valence-electron chi connectivity index (χ4n) is 3.82. The number of hydrogen-bond donors (Lipinski definition) is 3. The van der Waals surface area contributed by atoms with Crippen molar-refractivity contribution in [3.8, 4) is 0 Å². The van der Waals surface area contributed by atoms with Crippen LogP contribution in [0.25, 0.3) is 11.0 Å². The van der Waals surface area contributed by atoms with Crippen molar-refractivity contribution in [3.05, 3.63) is 60.4 Å². The summed E-state index contributed by atoms with van der Waals surface area (Å²) in [7, 11) is 1.26. The Morgan fingerprint density at radius 3 is 2.83 bits per heavy atom. The largest absolute Gasteiger partial charge is 0.463 e. The second-order valence-electron chi connectivity index (χ2n) is 8.18. The van der Waals surface area contributed by atoms with Gasteiger partial charge in [-0.05, 0) is 53.8 Å². The minimum atomic E-state index is -1.28. The molecule has 2 atom stereocenters. The number of benzene rings is 1. The van der Waals surface area contributed by atoms with Crippen molar-refractivity contribution in [2.75, 3.05) is 25.0 Å². The molecule has 0 bridgehead atoms. The van der Waals surface area contributed by atoms with Gasteiger partial charge in [-0.1, -0.05) is 0 Å². The van der Waals surface area contributed by atoms with Crippen LogP contribution in [0.4, 0.5) is 20.2 Å². The Labute approximate surface area is 211 Å². The number of pyridine rings is 1. The summed E-state index contributed by atoms with van der Waals surface area (Å²) < 4.78 is 37.1. The van der Waals surface area contributed by atoms with Gasteiger partial charge in [0.05, 0.1) is 23.8 Å². The number of aromatic nitrogens is 3. The Morgan fingerprint density at radius 1 is 1.37 bits per heavy atom. The Hall–Kier alpha value is -2.91. The first-order valence-electron chi connectivity index (χ1n) is 10.7. The van der Waals surface area contributed by atoms with Crippen molar-refractivity contribution < 1.29 is 23.4 Å². The number of aryl methyl sites for hydroxylation is 1. The van der Waals surface area contributed by atoms with Gasteiger partial charge in [-0.15, -0.1) is 0 Å². The summed E-state index contributed by atoms with van der Waals surface area (Å²) in [6.07, 6.45) is 0.501. The lowest BCUT2D eigenvalue weighted by Gasteiger charge is -2.17. The lowest BCUT2D eigenvalue weighted by Crippen LogP contribution is -2.33. The standard InChI is InChI=1S/C22H22F2IN5O5/c1-29-19-16(18(17(24)21(29)33)28-15-3-2-12(25)6-14(15)23)20(32)30(10-27-19)8-13(31)9-35-22(34)11-4-5-26-7-11/h2-3,6,10-11,13,26,28,31H,4-5,7-9H2,1H3/t11?,13-/m1/s1.